The van der Waals surface area contributed by atoms with Gasteiger partial charge in [-0.3, -0.25) is 10.2 Å². The highest BCUT2D eigenvalue weighted by Gasteiger charge is 2.34. The van der Waals surface area contributed by atoms with E-state index in [2.05, 4.69) is 0 Å². The van der Waals surface area contributed by atoms with E-state index in [1.54, 1.807) is 4.90 Å². The first-order chi connectivity index (χ1) is 8.02. The molecule has 1 amide bonds. The lowest BCUT2D eigenvalue weighted by Gasteiger charge is -2.29. The number of primary amides is 1. The van der Waals surface area contributed by atoms with Crippen LogP contribution in [-0.2, 0) is 11.3 Å². The van der Waals surface area contributed by atoms with E-state index in [0.29, 0.717) is 12.4 Å². The summed E-state index contributed by atoms with van der Waals surface area (Å²) in [6.07, 6.45) is 0. The van der Waals surface area contributed by atoms with Crippen LogP contribution in [0.2, 0.25) is 0 Å². The average Bonchev–Trinajstić information content (AvgIpc) is 2.56. The summed E-state index contributed by atoms with van der Waals surface area (Å²) in [6, 6.07) is 7.35. The Balaban J connectivity index is 2.33. The molecule has 0 saturated carbocycles. The van der Waals surface area contributed by atoms with E-state index < -0.39 is 6.04 Å². The summed E-state index contributed by atoms with van der Waals surface area (Å²) >= 11 is 0. The highest BCUT2D eigenvalue weighted by atomic mass is 16.1. The minimum absolute atomic E-state index is 0.0992. The summed E-state index contributed by atoms with van der Waals surface area (Å²) in [5.74, 6) is 0.137. The van der Waals surface area contributed by atoms with E-state index in [1.807, 2.05) is 38.1 Å². The van der Waals surface area contributed by atoms with Crippen LogP contribution in [0.15, 0.2) is 24.3 Å². The van der Waals surface area contributed by atoms with E-state index in [9.17, 15) is 4.79 Å². The molecule has 0 aliphatic carbocycles. The summed E-state index contributed by atoms with van der Waals surface area (Å²) in [5, 5.41) is 8.12. The third-order valence-corrected chi connectivity index (χ3v) is 3.16. The maximum absolute atomic E-state index is 11.5. The standard InChI is InChI=1S/C13H17N3O/c1-8(2)11(13(15)17)16-7-9-5-3-4-6-10(9)12(16)14/h3-6,8,11,14H,7H2,1-2H3,(H2,15,17). The molecule has 0 bridgehead atoms. The van der Waals surface area contributed by atoms with Gasteiger partial charge in [0.05, 0.1) is 0 Å². The molecule has 90 valence electrons. The number of benzene rings is 1. The van der Waals surface area contributed by atoms with Crippen molar-refractivity contribution < 1.29 is 4.79 Å². The summed E-state index contributed by atoms with van der Waals surface area (Å²) in [6.45, 7) is 4.50. The number of hydrogen-bond acceptors (Lipinski definition) is 2. The van der Waals surface area contributed by atoms with Crippen LogP contribution >= 0.6 is 0 Å². The zero-order chi connectivity index (χ0) is 12.6. The molecule has 1 aliphatic rings. The molecule has 17 heavy (non-hydrogen) atoms. The topological polar surface area (TPSA) is 70.2 Å². The molecule has 1 aliphatic heterocycles. The van der Waals surface area contributed by atoms with Gasteiger partial charge in [-0.15, -0.1) is 0 Å². The summed E-state index contributed by atoms with van der Waals surface area (Å²) in [4.78, 5) is 13.3. The van der Waals surface area contributed by atoms with Gasteiger partial charge in [-0.05, 0) is 11.5 Å². The number of hydrogen-bond donors (Lipinski definition) is 2. The molecule has 2 rings (SSSR count). The van der Waals surface area contributed by atoms with E-state index in [0.717, 1.165) is 11.1 Å². The minimum atomic E-state index is -0.408. The predicted octanol–water partition coefficient (Wildman–Crippen LogP) is 1.34. The Hall–Kier alpha value is -1.84. The molecule has 0 aromatic heterocycles. The molecule has 3 N–H and O–H groups in total. The molecule has 0 fully saturated rings. The number of fused-ring (bicyclic) bond motifs is 1. The van der Waals surface area contributed by atoms with Crippen LogP contribution in [0.4, 0.5) is 0 Å². The van der Waals surface area contributed by atoms with Gasteiger partial charge in [0.25, 0.3) is 0 Å². The lowest BCUT2D eigenvalue weighted by Crippen LogP contribution is -2.48. The Kier molecular flexibility index (Phi) is 2.88. The van der Waals surface area contributed by atoms with Crippen molar-refractivity contribution in [2.45, 2.75) is 26.4 Å². The van der Waals surface area contributed by atoms with E-state index in [-0.39, 0.29) is 11.8 Å². The van der Waals surface area contributed by atoms with Crippen LogP contribution in [0, 0.1) is 11.3 Å². The number of amidine groups is 1. The van der Waals surface area contributed by atoms with Crippen LogP contribution in [0.1, 0.15) is 25.0 Å². The molecule has 1 unspecified atom stereocenters. The Morgan fingerprint density at radius 3 is 2.59 bits per heavy atom. The molecule has 1 heterocycles. The van der Waals surface area contributed by atoms with Crippen molar-refractivity contribution in [1.82, 2.24) is 4.90 Å². The van der Waals surface area contributed by atoms with Crippen molar-refractivity contribution in [2.75, 3.05) is 0 Å². The molecular formula is C13H17N3O. The second-order valence-corrected chi connectivity index (χ2v) is 4.72. The first kappa shape index (κ1) is 11.6. The van der Waals surface area contributed by atoms with Gasteiger partial charge < -0.3 is 10.6 Å². The summed E-state index contributed by atoms with van der Waals surface area (Å²) in [7, 11) is 0. The fraction of sp³-hybridized carbons (Fsp3) is 0.385. The Morgan fingerprint density at radius 1 is 1.41 bits per heavy atom. The first-order valence-electron chi connectivity index (χ1n) is 5.75. The molecular weight excluding hydrogens is 214 g/mol. The van der Waals surface area contributed by atoms with Crippen molar-refractivity contribution >= 4 is 11.7 Å². The van der Waals surface area contributed by atoms with E-state index in [1.165, 1.54) is 0 Å². The maximum Gasteiger partial charge on any atom is 0.240 e. The molecule has 4 nitrogen and oxygen atoms in total. The van der Waals surface area contributed by atoms with Gasteiger partial charge in [0.15, 0.2) is 0 Å². The smallest absolute Gasteiger partial charge is 0.240 e. The highest BCUT2D eigenvalue weighted by Crippen LogP contribution is 2.26. The molecule has 4 heteroatoms. The number of nitrogens with two attached hydrogens (primary N) is 1. The molecule has 1 atom stereocenters. The fourth-order valence-corrected chi connectivity index (χ4v) is 2.39. The Bertz CT molecular complexity index is 467. The van der Waals surface area contributed by atoms with Crippen LogP contribution in [0.3, 0.4) is 0 Å². The minimum Gasteiger partial charge on any atom is -0.368 e. The summed E-state index contributed by atoms with van der Waals surface area (Å²) < 4.78 is 0. The number of amides is 1. The van der Waals surface area contributed by atoms with Crippen molar-refractivity contribution in [3.63, 3.8) is 0 Å². The number of nitrogens with zero attached hydrogens (tertiary/aromatic N) is 1. The number of nitrogens with one attached hydrogen (secondary N) is 1. The van der Waals surface area contributed by atoms with E-state index >= 15 is 0 Å². The third kappa shape index (κ3) is 1.90. The quantitative estimate of drug-likeness (QED) is 0.824. The van der Waals surface area contributed by atoms with E-state index in [4.69, 9.17) is 11.1 Å². The molecule has 0 saturated heterocycles. The molecule has 1 aromatic rings. The van der Waals surface area contributed by atoms with Gasteiger partial charge in [0, 0.05) is 12.1 Å². The number of carbonyl (C=O) groups excluding carboxylic acids is 1. The lowest BCUT2D eigenvalue weighted by molar-refractivity contribution is -0.123. The second-order valence-electron chi connectivity index (χ2n) is 4.72. The van der Waals surface area contributed by atoms with Gasteiger partial charge >= 0.3 is 0 Å². The molecule has 0 radical (unpaired) electrons. The van der Waals surface area contributed by atoms with Gasteiger partial charge in [-0.1, -0.05) is 38.1 Å². The summed E-state index contributed by atoms with van der Waals surface area (Å²) in [5.41, 5.74) is 7.43. The van der Waals surface area contributed by atoms with Crippen molar-refractivity contribution in [2.24, 2.45) is 11.7 Å². The molecule has 0 spiro atoms. The fourth-order valence-electron chi connectivity index (χ4n) is 2.39. The maximum atomic E-state index is 11.5. The zero-order valence-electron chi connectivity index (χ0n) is 10.1. The van der Waals surface area contributed by atoms with Crippen molar-refractivity contribution in [3.8, 4) is 0 Å². The SMILES string of the molecule is CC(C)C(C(N)=O)N1Cc2ccccc2C1=N. The van der Waals surface area contributed by atoms with Gasteiger partial charge in [-0.25, -0.2) is 0 Å². The average molecular weight is 231 g/mol. The van der Waals surface area contributed by atoms with Crippen molar-refractivity contribution in [1.29, 1.82) is 5.41 Å². The van der Waals surface area contributed by atoms with Crippen LogP contribution < -0.4 is 5.73 Å². The van der Waals surface area contributed by atoms with Gasteiger partial charge in [0.2, 0.25) is 5.91 Å². The monoisotopic (exact) mass is 231 g/mol. The third-order valence-electron chi connectivity index (χ3n) is 3.16. The zero-order valence-corrected chi connectivity index (χ0v) is 10.1. The van der Waals surface area contributed by atoms with Crippen LogP contribution in [-0.4, -0.2) is 22.7 Å². The highest BCUT2D eigenvalue weighted by molar-refractivity contribution is 6.02. The second kappa shape index (κ2) is 4.20. The van der Waals surface area contributed by atoms with Crippen LogP contribution in [0.25, 0.3) is 0 Å². The largest absolute Gasteiger partial charge is 0.368 e. The number of rotatable bonds is 3. The lowest BCUT2D eigenvalue weighted by atomic mass is 10.0. The van der Waals surface area contributed by atoms with Gasteiger partial charge in [0.1, 0.15) is 11.9 Å². The van der Waals surface area contributed by atoms with Crippen molar-refractivity contribution in [3.05, 3.63) is 35.4 Å². The molecule has 1 aromatic carbocycles. The Labute approximate surface area is 101 Å². The Morgan fingerprint density at radius 2 is 2.06 bits per heavy atom. The first-order valence-corrected chi connectivity index (χ1v) is 5.75. The number of carbonyl (C=O) groups is 1. The van der Waals surface area contributed by atoms with Crippen LogP contribution in [0.5, 0.6) is 0 Å². The predicted molar refractivity (Wildman–Crippen MR) is 66.6 cm³/mol. The normalized spacial score (nSPS) is 16.2. The van der Waals surface area contributed by atoms with Gasteiger partial charge in [-0.2, -0.15) is 0 Å².